The summed E-state index contributed by atoms with van der Waals surface area (Å²) in [5, 5.41) is 8.51. The lowest BCUT2D eigenvalue weighted by Crippen LogP contribution is -2.08. The van der Waals surface area contributed by atoms with Crippen molar-refractivity contribution in [3.05, 3.63) is 35.9 Å². The molecule has 0 saturated heterocycles. The summed E-state index contributed by atoms with van der Waals surface area (Å²) in [7, 11) is 0. The molecule has 1 unspecified atom stereocenters. The number of hydrogen-bond acceptors (Lipinski definition) is 3. The summed E-state index contributed by atoms with van der Waals surface area (Å²) in [6, 6.07) is 11.5. The summed E-state index contributed by atoms with van der Waals surface area (Å²) in [4.78, 5) is 11.2. The molecule has 1 atom stereocenters. The van der Waals surface area contributed by atoms with E-state index in [1.807, 2.05) is 36.4 Å². The molecule has 1 aromatic carbocycles. The second-order valence-electron chi connectivity index (χ2n) is 3.38. The van der Waals surface area contributed by atoms with Crippen LogP contribution in [0.5, 0.6) is 0 Å². The van der Waals surface area contributed by atoms with Crippen molar-refractivity contribution in [3.63, 3.8) is 0 Å². The summed E-state index contributed by atoms with van der Waals surface area (Å²) in [6.45, 7) is 1.97. The highest BCUT2D eigenvalue weighted by Gasteiger charge is 2.08. The number of carbonyl (C=O) groups is 1. The Kier molecular flexibility index (Phi) is 6.89. The molecule has 0 bridgehead atoms. The summed E-state index contributed by atoms with van der Waals surface area (Å²) < 4.78 is 5.01. The molecule has 0 heterocycles. The van der Waals surface area contributed by atoms with Crippen LogP contribution in [-0.4, -0.2) is 16.9 Å². The van der Waals surface area contributed by atoms with E-state index in [1.165, 1.54) is 0 Å². The highest BCUT2D eigenvalue weighted by Crippen LogP contribution is 2.05. The zero-order valence-corrected chi connectivity index (χ0v) is 8.64. The van der Waals surface area contributed by atoms with E-state index in [0.717, 1.165) is 5.56 Å². The SMILES string of the molecule is CC(C#N)CC(=O)OCc1ccccc1.[SiH4]. The highest BCUT2D eigenvalue weighted by atomic mass is 28.1. The van der Waals surface area contributed by atoms with Gasteiger partial charge in [0.15, 0.2) is 0 Å². The van der Waals surface area contributed by atoms with Crippen LogP contribution in [0.2, 0.25) is 0 Å². The first-order valence-corrected chi connectivity index (χ1v) is 4.81. The predicted octanol–water partition coefficient (Wildman–Crippen LogP) is 0.828. The van der Waals surface area contributed by atoms with E-state index in [4.69, 9.17) is 10.00 Å². The fraction of sp³-hybridized carbons (Fsp3) is 0.333. The highest BCUT2D eigenvalue weighted by molar-refractivity contribution is 5.75. The van der Waals surface area contributed by atoms with Gasteiger partial charge in [0.25, 0.3) is 0 Å². The van der Waals surface area contributed by atoms with Crippen molar-refractivity contribution in [2.75, 3.05) is 0 Å². The van der Waals surface area contributed by atoms with E-state index < -0.39 is 0 Å². The molecular formula is C12H17NO2Si. The van der Waals surface area contributed by atoms with Gasteiger partial charge in [0, 0.05) is 0 Å². The Morgan fingerprint density at radius 3 is 2.62 bits per heavy atom. The van der Waals surface area contributed by atoms with Crippen LogP contribution in [-0.2, 0) is 16.1 Å². The zero-order valence-electron chi connectivity index (χ0n) is 8.64. The van der Waals surface area contributed by atoms with Gasteiger partial charge in [-0.1, -0.05) is 30.3 Å². The average Bonchev–Trinajstić information content (AvgIpc) is 2.27. The molecule has 16 heavy (non-hydrogen) atoms. The molecule has 0 amide bonds. The van der Waals surface area contributed by atoms with Crippen LogP contribution in [0.4, 0.5) is 0 Å². The molecule has 0 saturated carbocycles. The Bertz CT molecular complexity index is 359. The van der Waals surface area contributed by atoms with Crippen molar-refractivity contribution >= 4 is 16.9 Å². The van der Waals surface area contributed by atoms with Crippen molar-refractivity contribution in [1.82, 2.24) is 0 Å². The lowest BCUT2D eigenvalue weighted by atomic mass is 10.1. The normalized spacial score (nSPS) is 10.8. The van der Waals surface area contributed by atoms with E-state index in [1.54, 1.807) is 6.92 Å². The van der Waals surface area contributed by atoms with Crippen LogP contribution in [0.25, 0.3) is 0 Å². The van der Waals surface area contributed by atoms with E-state index >= 15 is 0 Å². The second kappa shape index (κ2) is 7.66. The van der Waals surface area contributed by atoms with Crippen molar-refractivity contribution in [3.8, 4) is 6.07 Å². The van der Waals surface area contributed by atoms with Crippen molar-refractivity contribution in [2.24, 2.45) is 5.92 Å². The molecule has 0 N–H and O–H groups in total. The van der Waals surface area contributed by atoms with Gasteiger partial charge in [-0.25, -0.2) is 0 Å². The van der Waals surface area contributed by atoms with Crippen LogP contribution in [0.15, 0.2) is 30.3 Å². The molecular weight excluding hydrogens is 218 g/mol. The molecule has 0 aliphatic carbocycles. The molecule has 1 aromatic rings. The molecule has 0 fully saturated rings. The summed E-state index contributed by atoms with van der Waals surface area (Å²) in [5.74, 6) is -0.610. The molecule has 4 heteroatoms. The maximum absolute atomic E-state index is 11.2. The van der Waals surface area contributed by atoms with Gasteiger partial charge >= 0.3 is 5.97 Å². The number of ether oxygens (including phenoxy) is 1. The van der Waals surface area contributed by atoms with Gasteiger partial charge in [-0.3, -0.25) is 4.79 Å². The van der Waals surface area contributed by atoms with E-state index in [-0.39, 0.29) is 35.9 Å². The Morgan fingerprint density at radius 1 is 1.44 bits per heavy atom. The first kappa shape index (κ1) is 14.4. The van der Waals surface area contributed by atoms with Crippen LogP contribution in [0.3, 0.4) is 0 Å². The minimum absolute atomic E-state index is 0. The maximum Gasteiger partial charge on any atom is 0.307 e. The second-order valence-corrected chi connectivity index (χ2v) is 3.38. The molecule has 0 aromatic heterocycles. The van der Waals surface area contributed by atoms with E-state index in [9.17, 15) is 4.79 Å². The molecule has 0 aliphatic heterocycles. The third-order valence-electron chi connectivity index (χ3n) is 1.94. The van der Waals surface area contributed by atoms with Crippen molar-refractivity contribution in [2.45, 2.75) is 20.0 Å². The topological polar surface area (TPSA) is 50.1 Å². The van der Waals surface area contributed by atoms with E-state index in [0.29, 0.717) is 0 Å². The van der Waals surface area contributed by atoms with Gasteiger partial charge in [0.1, 0.15) is 6.61 Å². The predicted molar refractivity (Wildman–Crippen MR) is 67.0 cm³/mol. The molecule has 0 spiro atoms. The van der Waals surface area contributed by atoms with Gasteiger partial charge in [0.2, 0.25) is 0 Å². The summed E-state index contributed by atoms with van der Waals surface area (Å²) >= 11 is 0. The maximum atomic E-state index is 11.2. The van der Waals surface area contributed by atoms with Gasteiger partial charge in [-0.05, 0) is 23.5 Å². The number of nitriles is 1. The summed E-state index contributed by atoms with van der Waals surface area (Å²) in [5.41, 5.74) is 0.954. The smallest absolute Gasteiger partial charge is 0.307 e. The molecule has 0 aliphatic rings. The number of nitrogens with zero attached hydrogens (tertiary/aromatic N) is 1. The number of benzene rings is 1. The Balaban J connectivity index is 0.00000225. The Morgan fingerprint density at radius 2 is 2.06 bits per heavy atom. The largest absolute Gasteiger partial charge is 0.461 e. The fourth-order valence-electron chi connectivity index (χ4n) is 1.09. The number of rotatable bonds is 4. The average molecular weight is 235 g/mol. The third-order valence-corrected chi connectivity index (χ3v) is 1.94. The minimum Gasteiger partial charge on any atom is -0.461 e. The van der Waals surface area contributed by atoms with Crippen molar-refractivity contribution in [1.29, 1.82) is 5.26 Å². The van der Waals surface area contributed by atoms with Gasteiger partial charge in [0.05, 0.1) is 18.4 Å². The lowest BCUT2D eigenvalue weighted by molar-refractivity contribution is -0.145. The van der Waals surface area contributed by atoms with Gasteiger partial charge in [-0.2, -0.15) is 5.26 Å². The molecule has 1 rings (SSSR count). The van der Waals surface area contributed by atoms with Gasteiger partial charge < -0.3 is 4.74 Å². The summed E-state index contributed by atoms with van der Waals surface area (Å²) in [6.07, 6.45) is 0.156. The van der Waals surface area contributed by atoms with Crippen LogP contribution < -0.4 is 0 Å². The van der Waals surface area contributed by atoms with Gasteiger partial charge in [-0.15, -0.1) is 0 Å². The first-order chi connectivity index (χ1) is 7.22. The molecule has 0 radical (unpaired) electrons. The number of carbonyl (C=O) groups excluding carboxylic acids is 1. The third kappa shape index (κ3) is 5.32. The quantitative estimate of drug-likeness (QED) is 0.573. The minimum atomic E-state index is -0.326. The van der Waals surface area contributed by atoms with Crippen LogP contribution >= 0.6 is 0 Å². The van der Waals surface area contributed by atoms with Crippen molar-refractivity contribution < 1.29 is 9.53 Å². The zero-order chi connectivity index (χ0) is 11.1. The number of hydrogen-bond donors (Lipinski definition) is 0. The molecule has 3 nitrogen and oxygen atoms in total. The monoisotopic (exact) mass is 235 g/mol. The van der Waals surface area contributed by atoms with Crippen LogP contribution in [0, 0.1) is 17.2 Å². The Hall–Kier alpha value is -1.60. The van der Waals surface area contributed by atoms with Crippen LogP contribution in [0.1, 0.15) is 18.9 Å². The lowest BCUT2D eigenvalue weighted by Gasteiger charge is -2.05. The number of esters is 1. The molecule has 86 valence electrons. The fourth-order valence-corrected chi connectivity index (χ4v) is 1.09. The Labute approximate surface area is 100 Å². The first-order valence-electron chi connectivity index (χ1n) is 4.81. The standard InChI is InChI=1S/C12H13NO2.H4Si/c1-10(8-13)7-12(14)15-9-11-5-3-2-4-6-11;/h2-6,10H,7,9H2,1H3;1H4. The van der Waals surface area contributed by atoms with E-state index in [2.05, 4.69) is 0 Å².